The molecule has 1 fully saturated rings. The van der Waals surface area contributed by atoms with Gasteiger partial charge in [0.05, 0.1) is 18.2 Å². The fourth-order valence-electron chi connectivity index (χ4n) is 5.27. The lowest BCUT2D eigenvalue weighted by molar-refractivity contribution is -0.132. The molecule has 0 saturated carbocycles. The zero-order valence-electron chi connectivity index (χ0n) is 23.4. The Bertz CT molecular complexity index is 1700. The van der Waals surface area contributed by atoms with E-state index in [1.807, 2.05) is 44.2 Å². The maximum atomic E-state index is 13.6. The molecule has 1 N–H and O–H groups in total. The maximum absolute atomic E-state index is 13.6. The highest BCUT2D eigenvalue weighted by molar-refractivity contribution is 7.15. The van der Waals surface area contributed by atoms with Crippen LogP contribution >= 0.6 is 11.3 Å². The van der Waals surface area contributed by atoms with Crippen LogP contribution in [0.4, 0.5) is 5.13 Å². The number of aryl methyl sites for hydroxylation is 1. The van der Waals surface area contributed by atoms with Gasteiger partial charge in [0.25, 0.3) is 5.78 Å². The number of hydrogen-bond donors (Lipinski definition) is 1. The van der Waals surface area contributed by atoms with E-state index in [1.54, 1.807) is 43.3 Å². The van der Waals surface area contributed by atoms with E-state index in [2.05, 4.69) is 10.2 Å². The fraction of sp³-hybridized carbons (Fsp3) is 0.250. The summed E-state index contributed by atoms with van der Waals surface area (Å²) >= 11 is 1.19. The molecule has 2 aliphatic heterocycles. The molecule has 2 aliphatic rings. The molecule has 6 rings (SSSR count). The predicted octanol–water partition coefficient (Wildman–Crippen LogP) is 5.77. The Hall–Kier alpha value is -4.70. The molecule has 3 heterocycles. The Morgan fingerprint density at radius 2 is 1.86 bits per heavy atom. The highest BCUT2D eigenvalue weighted by Crippen LogP contribution is 2.45. The lowest BCUT2D eigenvalue weighted by Gasteiger charge is -2.24. The minimum Gasteiger partial charge on any atom is -0.507 e. The number of rotatable bonds is 8. The molecule has 0 aliphatic carbocycles. The van der Waals surface area contributed by atoms with Crippen LogP contribution in [0.5, 0.6) is 17.2 Å². The number of anilines is 1. The number of nitrogens with zero attached hydrogens (tertiary/aromatic N) is 3. The highest BCUT2D eigenvalue weighted by Gasteiger charge is 2.48. The van der Waals surface area contributed by atoms with Gasteiger partial charge in [0.1, 0.15) is 29.2 Å². The summed E-state index contributed by atoms with van der Waals surface area (Å²) < 4.78 is 17.8. The Kier molecular flexibility index (Phi) is 7.38. The fourth-order valence-corrected chi connectivity index (χ4v) is 5.99. The highest BCUT2D eigenvalue weighted by atomic mass is 32.1. The zero-order valence-corrected chi connectivity index (χ0v) is 24.2. The first-order chi connectivity index (χ1) is 20.3. The summed E-state index contributed by atoms with van der Waals surface area (Å²) in [5, 5.41) is 20.7. The number of fused-ring (bicyclic) bond motifs is 1. The van der Waals surface area contributed by atoms with Crippen molar-refractivity contribution < 1.29 is 28.9 Å². The van der Waals surface area contributed by atoms with Gasteiger partial charge >= 0.3 is 5.91 Å². The molecule has 9 nitrogen and oxygen atoms in total. The Morgan fingerprint density at radius 1 is 1.05 bits per heavy atom. The summed E-state index contributed by atoms with van der Waals surface area (Å²) in [6, 6.07) is 19.3. The largest absolute Gasteiger partial charge is 0.507 e. The molecule has 4 aromatic rings. The topological polar surface area (TPSA) is 111 Å². The molecule has 1 aromatic heterocycles. The van der Waals surface area contributed by atoms with Crippen molar-refractivity contribution in [1.82, 2.24) is 10.2 Å². The van der Waals surface area contributed by atoms with Crippen molar-refractivity contribution >= 4 is 33.9 Å². The number of carbonyl (C=O) groups is 2. The number of aliphatic hydroxyl groups is 1. The van der Waals surface area contributed by atoms with E-state index in [-0.39, 0.29) is 22.6 Å². The second-order valence-electron chi connectivity index (χ2n) is 10.1. The van der Waals surface area contributed by atoms with Gasteiger partial charge in [-0.2, -0.15) is 0 Å². The van der Waals surface area contributed by atoms with Gasteiger partial charge in [0.15, 0.2) is 11.5 Å². The summed E-state index contributed by atoms with van der Waals surface area (Å²) in [4.78, 5) is 28.4. The van der Waals surface area contributed by atoms with Gasteiger partial charge in [0.2, 0.25) is 5.13 Å². The Morgan fingerprint density at radius 3 is 2.60 bits per heavy atom. The Labute approximate surface area is 247 Å². The molecular weight excluding hydrogens is 554 g/mol. The van der Waals surface area contributed by atoms with Crippen LogP contribution in [-0.2, 0) is 22.6 Å². The number of ketones is 1. The van der Waals surface area contributed by atoms with E-state index in [0.717, 1.165) is 16.9 Å². The predicted molar refractivity (Wildman–Crippen MR) is 158 cm³/mol. The van der Waals surface area contributed by atoms with Gasteiger partial charge in [-0.15, -0.1) is 10.2 Å². The number of ether oxygens (including phenoxy) is 3. The van der Waals surface area contributed by atoms with E-state index in [4.69, 9.17) is 14.2 Å². The average Bonchev–Trinajstić information content (AvgIpc) is 3.66. The first kappa shape index (κ1) is 27.5. The van der Waals surface area contributed by atoms with Gasteiger partial charge in [-0.25, -0.2) is 0 Å². The molecule has 3 aromatic carbocycles. The second kappa shape index (κ2) is 11.3. The maximum Gasteiger partial charge on any atom is 0.301 e. The SMILES string of the molecule is CCOc1cc([C@H]2/C(=C(\O)c3ccc4c(c3)C[C@@H](C)O4)C(=O)C(=O)N2c2nnc(C)s2)ccc1OCc1ccccc1. The molecule has 0 unspecified atom stereocenters. The monoisotopic (exact) mass is 583 g/mol. The number of aliphatic hydroxyl groups excluding tert-OH is 1. The van der Waals surface area contributed by atoms with Crippen molar-refractivity contribution in [3.63, 3.8) is 0 Å². The minimum atomic E-state index is -0.969. The summed E-state index contributed by atoms with van der Waals surface area (Å²) in [5.74, 6) is -0.162. The van der Waals surface area contributed by atoms with Crippen LogP contribution in [0.15, 0.2) is 72.3 Å². The van der Waals surface area contributed by atoms with Crippen molar-refractivity contribution in [3.8, 4) is 17.2 Å². The van der Waals surface area contributed by atoms with Gasteiger partial charge in [-0.1, -0.05) is 47.7 Å². The third kappa shape index (κ3) is 5.09. The number of carbonyl (C=O) groups excluding carboxylic acids is 2. The third-order valence-corrected chi connectivity index (χ3v) is 7.99. The molecule has 214 valence electrons. The van der Waals surface area contributed by atoms with Crippen LogP contribution in [0.25, 0.3) is 5.76 Å². The molecule has 10 heteroatoms. The molecular formula is C32H29N3O6S. The molecule has 0 bridgehead atoms. The summed E-state index contributed by atoms with van der Waals surface area (Å²) in [5.41, 5.74) is 2.86. The van der Waals surface area contributed by atoms with Crippen molar-refractivity contribution in [2.45, 2.75) is 45.9 Å². The molecule has 2 atom stereocenters. The van der Waals surface area contributed by atoms with Crippen LogP contribution in [0.2, 0.25) is 0 Å². The van der Waals surface area contributed by atoms with Gasteiger partial charge in [0, 0.05) is 12.0 Å². The smallest absolute Gasteiger partial charge is 0.301 e. The van der Waals surface area contributed by atoms with E-state index in [1.165, 1.54) is 16.2 Å². The number of hydrogen-bond acceptors (Lipinski definition) is 9. The summed E-state index contributed by atoms with van der Waals surface area (Å²) in [7, 11) is 0. The first-order valence-electron chi connectivity index (χ1n) is 13.7. The van der Waals surface area contributed by atoms with Gasteiger partial charge < -0.3 is 19.3 Å². The van der Waals surface area contributed by atoms with Crippen molar-refractivity contribution in [1.29, 1.82) is 0 Å². The van der Waals surface area contributed by atoms with Gasteiger partial charge in [-0.05, 0) is 67.8 Å². The molecule has 42 heavy (non-hydrogen) atoms. The first-order valence-corrected chi connectivity index (χ1v) is 14.5. The zero-order chi connectivity index (χ0) is 29.4. The standard InChI is InChI=1S/C32H29N3O6S/c1-4-39-26-16-21(10-13-25(26)40-17-20-8-6-5-7-9-20)28-27(30(37)31(38)35(28)32-34-33-19(3)42-32)29(36)22-11-12-24-23(15-22)14-18(2)41-24/h5-13,15-16,18,28,36H,4,14,17H2,1-3H3/b29-27+/t18-,28+/m1/s1. The van der Waals surface area contributed by atoms with Crippen molar-refractivity contribution in [2.24, 2.45) is 0 Å². The van der Waals surface area contributed by atoms with E-state index >= 15 is 0 Å². The van der Waals surface area contributed by atoms with Crippen LogP contribution in [0, 0.1) is 6.92 Å². The third-order valence-electron chi connectivity index (χ3n) is 7.16. The van der Waals surface area contributed by atoms with Crippen molar-refractivity contribution in [3.05, 3.63) is 99.6 Å². The molecule has 1 saturated heterocycles. The average molecular weight is 584 g/mol. The summed E-state index contributed by atoms with van der Waals surface area (Å²) in [6.07, 6.45) is 0.698. The lowest BCUT2D eigenvalue weighted by atomic mass is 9.94. The molecule has 1 amide bonds. The van der Waals surface area contributed by atoms with E-state index in [0.29, 0.717) is 47.3 Å². The minimum absolute atomic E-state index is 0.0169. The summed E-state index contributed by atoms with van der Waals surface area (Å²) in [6.45, 7) is 6.31. The van der Waals surface area contributed by atoms with E-state index in [9.17, 15) is 14.7 Å². The van der Waals surface area contributed by atoms with Crippen molar-refractivity contribution in [2.75, 3.05) is 11.5 Å². The van der Waals surface area contributed by atoms with Crippen LogP contribution < -0.4 is 19.1 Å². The number of Topliss-reactive ketones (excluding diaryl/α,β-unsaturated/α-hetero) is 1. The van der Waals surface area contributed by atoms with Crippen LogP contribution in [0.3, 0.4) is 0 Å². The normalized spacial score (nSPS) is 19.1. The quantitative estimate of drug-likeness (QED) is 0.158. The number of benzene rings is 3. The van der Waals surface area contributed by atoms with Crippen LogP contribution in [0.1, 0.15) is 47.2 Å². The second-order valence-corrected chi connectivity index (χ2v) is 11.3. The number of amides is 1. The molecule has 0 spiro atoms. The van der Waals surface area contributed by atoms with Gasteiger partial charge in [-0.3, -0.25) is 14.5 Å². The van der Waals surface area contributed by atoms with Crippen LogP contribution in [-0.4, -0.2) is 39.7 Å². The lowest BCUT2D eigenvalue weighted by Crippen LogP contribution is -2.29. The molecule has 0 radical (unpaired) electrons. The van der Waals surface area contributed by atoms with E-state index < -0.39 is 17.7 Å². The number of aromatic nitrogens is 2. The Balaban J connectivity index is 1.45.